The van der Waals surface area contributed by atoms with Gasteiger partial charge in [-0.3, -0.25) is 0 Å². The lowest BCUT2D eigenvalue weighted by molar-refractivity contribution is 0.0338. The van der Waals surface area contributed by atoms with E-state index in [-0.39, 0.29) is 31.7 Å². The number of nitrogens with zero attached hydrogens (tertiary/aromatic N) is 1. The van der Waals surface area contributed by atoms with Crippen LogP contribution in [0.5, 0.6) is 0 Å². The normalized spacial score (nSPS) is 20.4. The Morgan fingerprint density at radius 3 is 2.58 bits per heavy atom. The molecule has 1 heterocycles. The third-order valence-corrected chi connectivity index (χ3v) is 4.16. The molecule has 1 aliphatic rings. The van der Waals surface area contributed by atoms with E-state index >= 15 is 0 Å². The van der Waals surface area contributed by atoms with E-state index in [2.05, 4.69) is 5.32 Å². The van der Waals surface area contributed by atoms with Crippen LogP contribution in [0.15, 0.2) is 30.3 Å². The predicted molar refractivity (Wildman–Crippen MR) is 96.6 cm³/mol. The van der Waals surface area contributed by atoms with Crippen LogP contribution in [0, 0.1) is 5.92 Å². The molecule has 2 rings (SSSR count). The lowest BCUT2D eigenvalue weighted by Gasteiger charge is -2.37. The number of hydrogen-bond donors (Lipinski definition) is 2. The van der Waals surface area contributed by atoms with E-state index in [1.54, 1.807) is 25.7 Å². The summed E-state index contributed by atoms with van der Waals surface area (Å²) in [6, 6.07) is 9.06. The number of aliphatic hydroxyl groups is 1. The van der Waals surface area contributed by atoms with Gasteiger partial charge in [-0.05, 0) is 32.8 Å². The van der Waals surface area contributed by atoms with Crippen LogP contribution in [0.2, 0.25) is 0 Å². The third-order valence-electron chi connectivity index (χ3n) is 4.16. The maximum atomic E-state index is 12.3. The summed E-state index contributed by atoms with van der Waals surface area (Å²) in [6.45, 7) is 6.24. The molecule has 0 radical (unpaired) electrons. The molecular formula is C19H28N2O5. The van der Waals surface area contributed by atoms with E-state index in [1.807, 2.05) is 30.3 Å². The zero-order valence-electron chi connectivity index (χ0n) is 15.6. The Morgan fingerprint density at radius 2 is 1.96 bits per heavy atom. The maximum absolute atomic E-state index is 12.3. The Kier molecular flexibility index (Phi) is 6.85. The van der Waals surface area contributed by atoms with Gasteiger partial charge >= 0.3 is 12.2 Å². The molecule has 7 nitrogen and oxygen atoms in total. The summed E-state index contributed by atoms with van der Waals surface area (Å²) < 4.78 is 10.6. The molecule has 1 aromatic rings. The van der Waals surface area contributed by atoms with Crippen LogP contribution in [0.4, 0.5) is 9.59 Å². The minimum absolute atomic E-state index is 0.0621. The molecule has 2 atom stereocenters. The number of rotatable bonds is 4. The van der Waals surface area contributed by atoms with Crippen LogP contribution in [0.1, 0.15) is 32.8 Å². The summed E-state index contributed by atoms with van der Waals surface area (Å²) in [5.74, 6) is -0.124. The fraction of sp³-hybridized carbons (Fsp3) is 0.579. The summed E-state index contributed by atoms with van der Waals surface area (Å²) in [4.78, 5) is 25.9. The number of aliphatic hydroxyl groups excluding tert-OH is 1. The Bertz CT molecular complexity index is 600. The molecule has 1 aliphatic heterocycles. The van der Waals surface area contributed by atoms with Crippen molar-refractivity contribution in [1.29, 1.82) is 0 Å². The van der Waals surface area contributed by atoms with Crippen LogP contribution >= 0.6 is 0 Å². The van der Waals surface area contributed by atoms with Crippen molar-refractivity contribution in [3.8, 4) is 0 Å². The SMILES string of the molecule is CC(C)(C)OC(=O)N[C@H]1CN(C(=O)OCc2ccccc2)CC[C@H]1CO. The van der Waals surface area contributed by atoms with Crippen LogP contribution in [0.3, 0.4) is 0 Å². The second kappa shape index (κ2) is 8.89. The van der Waals surface area contributed by atoms with E-state index in [9.17, 15) is 14.7 Å². The fourth-order valence-corrected chi connectivity index (χ4v) is 2.82. The standard InChI is InChI=1S/C19H28N2O5/c1-19(2,3)26-17(23)20-16-11-21(10-9-15(16)12-22)18(24)25-13-14-7-5-4-6-8-14/h4-8,15-16,22H,9-13H2,1-3H3,(H,20,23)/t15-,16-/m0/s1. The molecule has 0 aliphatic carbocycles. The van der Waals surface area contributed by atoms with Gasteiger partial charge in [-0.2, -0.15) is 0 Å². The number of benzene rings is 1. The maximum Gasteiger partial charge on any atom is 0.410 e. The zero-order valence-corrected chi connectivity index (χ0v) is 15.6. The van der Waals surface area contributed by atoms with Gasteiger partial charge in [0.1, 0.15) is 12.2 Å². The highest BCUT2D eigenvalue weighted by Gasteiger charge is 2.33. The lowest BCUT2D eigenvalue weighted by atomic mass is 9.92. The molecule has 26 heavy (non-hydrogen) atoms. The summed E-state index contributed by atoms with van der Waals surface area (Å²) in [5, 5.41) is 12.3. The summed E-state index contributed by atoms with van der Waals surface area (Å²) in [6.07, 6.45) is -0.404. The second-order valence-corrected chi connectivity index (χ2v) is 7.47. The fourth-order valence-electron chi connectivity index (χ4n) is 2.82. The Morgan fingerprint density at radius 1 is 1.27 bits per heavy atom. The van der Waals surface area contributed by atoms with Crippen LogP contribution in [0.25, 0.3) is 0 Å². The number of amides is 2. The molecule has 1 saturated heterocycles. The number of hydrogen-bond acceptors (Lipinski definition) is 5. The molecule has 2 N–H and O–H groups in total. The molecule has 0 aromatic heterocycles. The Balaban J connectivity index is 1.90. The number of carbonyl (C=O) groups excluding carboxylic acids is 2. The Labute approximate surface area is 154 Å². The van der Waals surface area contributed by atoms with Gasteiger partial charge in [-0.25, -0.2) is 9.59 Å². The van der Waals surface area contributed by atoms with E-state index in [1.165, 1.54) is 0 Å². The van der Waals surface area contributed by atoms with E-state index in [4.69, 9.17) is 9.47 Å². The van der Waals surface area contributed by atoms with Crippen molar-refractivity contribution in [3.63, 3.8) is 0 Å². The van der Waals surface area contributed by atoms with Crippen molar-refractivity contribution in [2.24, 2.45) is 5.92 Å². The first-order valence-electron chi connectivity index (χ1n) is 8.84. The number of alkyl carbamates (subject to hydrolysis) is 1. The summed E-state index contributed by atoms with van der Waals surface area (Å²) >= 11 is 0. The first-order valence-corrected chi connectivity index (χ1v) is 8.84. The largest absolute Gasteiger partial charge is 0.445 e. The number of likely N-dealkylation sites (tertiary alicyclic amines) is 1. The Hall–Kier alpha value is -2.28. The average molecular weight is 364 g/mol. The smallest absolute Gasteiger partial charge is 0.410 e. The van der Waals surface area contributed by atoms with Crippen molar-refractivity contribution < 1.29 is 24.2 Å². The average Bonchev–Trinajstić information content (AvgIpc) is 2.58. The van der Waals surface area contributed by atoms with Gasteiger partial charge in [0.2, 0.25) is 0 Å². The van der Waals surface area contributed by atoms with Gasteiger partial charge in [0.15, 0.2) is 0 Å². The first-order chi connectivity index (χ1) is 12.3. The molecule has 0 unspecified atom stereocenters. The number of ether oxygens (including phenoxy) is 2. The number of nitrogens with one attached hydrogen (secondary N) is 1. The molecule has 7 heteroatoms. The van der Waals surface area contributed by atoms with Gasteiger partial charge in [0.05, 0.1) is 6.04 Å². The third kappa shape index (κ3) is 6.22. The van der Waals surface area contributed by atoms with Crippen LogP contribution < -0.4 is 5.32 Å². The molecular weight excluding hydrogens is 336 g/mol. The van der Waals surface area contributed by atoms with Crippen molar-refractivity contribution >= 4 is 12.2 Å². The summed E-state index contributed by atoms with van der Waals surface area (Å²) in [5.41, 5.74) is 0.302. The molecule has 1 aromatic carbocycles. The minimum Gasteiger partial charge on any atom is -0.445 e. The predicted octanol–water partition coefficient (Wildman–Crippen LogP) is 2.53. The topological polar surface area (TPSA) is 88.1 Å². The van der Waals surface area contributed by atoms with Gasteiger partial charge < -0.3 is 24.8 Å². The van der Waals surface area contributed by atoms with Crippen molar-refractivity contribution in [1.82, 2.24) is 10.2 Å². The zero-order chi connectivity index (χ0) is 19.2. The molecule has 1 fully saturated rings. The van der Waals surface area contributed by atoms with E-state index < -0.39 is 17.8 Å². The van der Waals surface area contributed by atoms with Gasteiger partial charge in [-0.1, -0.05) is 30.3 Å². The van der Waals surface area contributed by atoms with E-state index in [0.717, 1.165) is 5.56 Å². The summed E-state index contributed by atoms with van der Waals surface area (Å²) in [7, 11) is 0. The quantitative estimate of drug-likeness (QED) is 0.857. The highest BCUT2D eigenvalue weighted by molar-refractivity contribution is 5.69. The lowest BCUT2D eigenvalue weighted by Crippen LogP contribution is -2.55. The van der Waals surface area contributed by atoms with E-state index in [0.29, 0.717) is 13.0 Å². The molecule has 2 amide bonds. The van der Waals surface area contributed by atoms with Crippen molar-refractivity contribution in [3.05, 3.63) is 35.9 Å². The molecule has 0 spiro atoms. The monoisotopic (exact) mass is 364 g/mol. The first kappa shape index (κ1) is 20.0. The molecule has 0 bridgehead atoms. The molecule has 144 valence electrons. The minimum atomic E-state index is -0.609. The van der Waals surface area contributed by atoms with Gasteiger partial charge in [-0.15, -0.1) is 0 Å². The number of carbonyl (C=O) groups is 2. The van der Waals surface area contributed by atoms with Crippen molar-refractivity contribution in [2.75, 3.05) is 19.7 Å². The van der Waals surface area contributed by atoms with Gasteiger partial charge in [0, 0.05) is 25.6 Å². The molecule has 0 saturated carbocycles. The van der Waals surface area contributed by atoms with Crippen molar-refractivity contribution in [2.45, 2.75) is 45.4 Å². The second-order valence-electron chi connectivity index (χ2n) is 7.47. The number of piperidine rings is 1. The van der Waals surface area contributed by atoms with Crippen LogP contribution in [-0.2, 0) is 16.1 Å². The van der Waals surface area contributed by atoms with Gasteiger partial charge in [0.25, 0.3) is 0 Å². The highest BCUT2D eigenvalue weighted by atomic mass is 16.6. The highest BCUT2D eigenvalue weighted by Crippen LogP contribution is 2.19. The van der Waals surface area contributed by atoms with Crippen LogP contribution in [-0.4, -0.2) is 53.5 Å².